The van der Waals surface area contributed by atoms with Crippen molar-refractivity contribution in [2.45, 2.75) is 25.7 Å². The van der Waals surface area contributed by atoms with E-state index in [2.05, 4.69) is 39.8 Å². The molecule has 10 heteroatoms. The number of nitroso groups, excluding NO2 is 1. The van der Waals surface area contributed by atoms with Gasteiger partial charge < -0.3 is 16.0 Å². The Hall–Kier alpha value is -3.59. The van der Waals surface area contributed by atoms with Crippen LogP contribution in [0.1, 0.15) is 35.3 Å². The summed E-state index contributed by atoms with van der Waals surface area (Å²) in [5, 5.41) is 8.62. The smallest absolute Gasteiger partial charge is 0.253 e. The molecular weight excluding hydrogens is 459 g/mol. The molecule has 3 aromatic rings. The molecule has 1 amide bonds. The fourth-order valence-electron chi connectivity index (χ4n) is 4.13. The number of carbonyl (C=O) groups excluding carboxylic acids is 1. The van der Waals surface area contributed by atoms with E-state index in [0.717, 1.165) is 21.6 Å². The fourth-order valence-corrected chi connectivity index (χ4v) is 4.26. The van der Waals surface area contributed by atoms with Crippen LogP contribution in [0.15, 0.2) is 42.6 Å². The number of nitrogens with one attached hydrogen (secondary N) is 3. The van der Waals surface area contributed by atoms with E-state index in [-0.39, 0.29) is 33.5 Å². The third-order valence-electron chi connectivity index (χ3n) is 5.77. The van der Waals surface area contributed by atoms with Gasteiger partial charge in [0.25, 0.3) is 5.91 Å². The van der Waals surface area contributed by atoms with Crippen LogP contribution < -0.4 is 16.0 Å². The molecule has 1 aliphatic heterocycles. The van der Waals surface area contributed by atoms with Crippen LogP contribution in [0.4, 0.5) is 27.5 Å². The van der Waals surface area contributed by atoms with Gasteiger partial charge in [0.05, 0.1) is 22.9 Å². The first-order valence-electron chi connectivity index (χ1n) is 10.8. The second kappa shape index (κ2) is 9.34. The van der Waals surface area contributed by atoms with Crippen LogP contribution in [0.3, 0.4) is 0 Å². The zero-order chi connectivity index (χ0) is 24.5. The van der Waals surface area contributed by atoms with E-state index >= 15 is 0 Å². The van der Waals surface area contributed by atoms with Gasteiger partial charge in [-0.3, -0.25) is 4.79 Å². The number of halogens is 2. The molecule has 34 heavy (non-hydrogen) atoms. The number of amides is 1. The molecule has 0 saturated carbocycles. The Morgan fingerprint density at radius 3 is 2.76 bits per heavy atom. The number of rotatable bonds is 5. The van der Waals surface area contributed by atoms with Gasteiger partial charge in [-0.2, -0.15) is 4.98 Å². The number of para-hydroxylation sites is 1. The van der Waals surface area contributed by atoms with Crippen LogP contribution in [0.5, 0.6) is 0 Å². The standard InChI is InChI=1S/C24H24ClFN6O2/c1-24(2)13-32(34)10-9-14-11-15(7-8-17(14)24)29-23-28-12-18(25)21(31-23)30-20-16(22(33)27-3)5-4-6-19(20)26/h4-8,11-12H,9-10,13H2,1-3H3,(H2-,27,28,29,30,31,33)/p+1. The average Bonchev–Trinajstić information content (AvgIpc) is 2.91. The van der Waals surface area contributed by atoms with E-state index in [4.69, 9.17) is 11.6 Å². The minimum absolute atomic E-state index is 0.0390. The number of fused-ring (bicyclic) bond motifs is 1. The molecule has 0 atom stereocenters. The highest BCUT2D eigenvalue weighted by atomic mass is 35.5. The summed E-state index contributed by atoms with van der Waals surface area (Å²) in [6.45, 7) is 4.99. The van der Waals surface area contributed by atoms with Crippen molar-refractivity contribution < 1.29 is 13.9 Å². The second-order valence-corrected chi connectivity index (χ2v) is 9.16. The first-order valence-corrected chi connectivity index (χ1v) is 11.2. The van der Waals surface area contributed by atoms with Crippen molar-refractivity contribution in [1.29, 1.82) is 0 Å². The summed E-state index contributed by atoms with van der Waals surface area (Å²) in [6.07, 6.45) is 2.03. The van der Waals surface area contributed by atoms with Gasteiger partial charge in [0.1, 0.15) is 10.8 Å². The van der Waals surface area contributed by atoms with Gasteiger partial charge in [-0.25, -0.2) is 9.37 Å². The Morgan fingerprint density at radius 1 is 1.21 bits per heavy atom. The van der Waals surface area contributed by atoms with Crippen molar-refractivity contribution in [3.63, 3.8) is 0 Å². The first kappa shape index (κ1) is 23.6. The maximum Gasteiger partial charge on any atom is 0.253 e. The summed E-state index contributed by atoms with van der Waals surface area (Å²) in [4.78, 5) is 32.8. The first-order chi connectivity index (χ1) is 16.2. The zero-order valence-electron chi connectivity index (χ0n) is 19.1. The van der Waals surface area contributed by atoms with E-state index in [1.165, 1.54) is 31.4 Å². The van der Waals surface area contributed by atoms with Crippen LogP contribution in [-0.2, 0) is 11.8 Å². The van der Waals surface area contributed by atoms with Crippen molar-refractivity contribution in [2.75, 3.05) is 30.8 Å². The maximum absolute atomic E-state index is 14.5. The Labute approximate surface area is 201 Å². The summed E-state index contributed by atoms with van der Waals surface area (Å²) < 4.78 is 15.6. The van der Waals surface area contributed by atoms with Crippen LogP contribution >= 0.6 is 11.6 Å². The molecule has 4 rings (SSSR count). The molecule has 1 aliphatic rings. The Morgan fingerprint density at radius 2 is 2.00 bits per heavy atom. The zero-order valence-corrected chi connectivity index (χ0v) is 19.8. The molecule has 176 valence electrons. The maximum atomic E-state index is 14.5. The number of hydrogen-bond donors (Lipinski definition) is 3. The lowest BCUT2D eigenvalue weighted by atomic mass is 9.82. The van der Waals surface area contributed by atoms with Gasteiger partial charge in [0, 0.05) is 24.1 Å². The van der Waals surface area contributed by atoms with Gasteiger partial charge in [-0.15, -0.1) is 0 Å². The number of anilines is 4. The van der Waals surface area contributed by atoms with Crippen LogP contribution in [0, 0.1) is 10.7 Å². The highest BCUT2D eigenvalue weighted by Crippen LogP contribution is 2.33. The largest absolute Gasteiger partial charge is 0.355 e. The molecule has 8 nitrogen and oxygen atoms in total. The third kappa shape index (κ3) is 4.84. The number of hydrogen-bond acceptors (Lipinski definition) is 6. The van der Waals surface area contributed by atoms with E-state index in [1.54, 1.807) is 0 Å². The quantitative estimate of drug-likeness (QED) is 0.454. The van der Waals surface area contributed by atoms with Gasteiger partial charge in [0.2, 0.25) is 12.5 Å². The van der Waals surface area contributed by atoms with Crippen LogP contribution in [-0.4, -0.2) is 40.8 Å². The monoisotopic (exact) mass is 483 g/mol. The van der Waals surface area contributed by atoms with Gasteiger partial charge in [-0.1, -0.05) is 23.7 Å². The summed E-state index contributed by atoms with van der Waals surface area (Å²) in [5.41, 5.74) is 2.79. The number of nitrogens with zero attached hydrogens (tertiary/aromatic N) is 3. The van der Waals surface area contributed by atoms with Crippen LogP contribution in [0.25, 0.3) is 0 Å². The fraction of sp³-hybridized carbons (Fsp3) is 0.292. The summed E-state index contributed by atoms with van der Waals surface area (Å²) in [5.74, 6) is -0.684. The SMILES string of the molecule is CNC(=O)c1cccc(F)c1Nc1nc(Nc2ccc3c(c2)CC[N+](=O)CC3(C)C)ncc1Cl. The molecule has 0 saturated heterocycles. The van der Waals surface area contributed by atoms with E-state index < -0.39 is 11.7 Å². The van der Waals surface area contributed by atoms with Gasteiger partial charge in [-0.05, 0) is 54.0 Å². The molecule has 2 aromatic carbocycles. The molecule has 0 bridgehead atoms. The minimum atomic E-state index is -0.619. The van der Waals surface area contributed by atoms with E-state index in [0.29, 0.717) is 19.5 Å². The number of aromatic nitrogens is 2. The molecule has 0 spiro atoms. The normalized spacial score (nSPS) is 14.7. The predicted molar refractivity (Wildman–Crippen MR) is 130 cm³/mol. The van der Waals surface area contributed by atoms with Crippen molar-refractivity contribution >= 4 is 40.6 Å². The summed E-state index contributed by atoms with van der Waals surface area (Å²) in [6, 6.07) is 10.1. The second-order valence-electron chi connectivity index (χ2n) is 8.75. The van der Waals surface area contributed by atoms with E-state index in [1.807, 2.05) is 18.2 Å². The molecule has 2 heterocycles. The van der Waals surface area contributed by atoms with Crippen molar-refractivity contribution in [3.8, 4) is 0 Å². The van der Waals surface area contributed by atoms with Crippen molar-refractivity contribution in [3.05, 3.63) is 75.0 Å². The van der Waals surface area contributed by atoms with E-state index in [9.17, 15) is 14.1 Å². The Bertz CT molecular complexity index is 1280. The topological polar surface area (TPSA) is 99.0 Å². The van der Waals surface area contributed by atoms with Gasteiger partial charge >= 0.3 is 0 Å². The number of benzene rings is 2. The van der Waals surface area contributed by atoms with Crippen molar-refractivity contribution in [2.24, 2.45) is 0 Å². The minimum Gasteiger partial charge on any atom is -0.355 e. The lowest BCUT2D eigenvalue weighted by molar-refractivity contribution is -0.554. The number of carbonyl (C=O) groups is 1. The summed E-state index contributed by atoms with van der Waals surface area (Å²) >= 11 is 6.25. The molecule has 0 radical (unpaired) electrons. The molecule has 3 N–H and O–H groups in total. The highest BCUT2D eigenvalue weighted by molar-refractivity contribution is 6.33. The Kier molecular flexibility index (Phi) is 6.47. The van der Waals surface area contributed by atoms with Crippen molar-refractivity contribution in [1.82, 2.24) is 15.3 Å². The Balaban J connectivity index is 1.62. The average molecular weight is 484 g/mol. The van der Waals surface area contributed by atoms with Crippen LogP contribution in [0.2, 0.25) is 5.02 Å². The molecule has 0 fully saturated rings. The van der Waals surface area contributed by atoms with Gasteiger partial charge in [0.15, 0.2) is 12.4 Å². The molecule has 1 aromatic heterocycles. The molecule has 0 aliphatic carbocycles. The molecular formula is C24H25ClFN6O2+. The molecule has 0 unspecified atom stereocenters. The highest BCUT2D eigenvalue weighted by Gasteiger charge is 2.34. The third-order valence-corrected chi connectivity index (χ3v) is 6.04. The predicted octanol–water partition coefficient (Wildman–Crippen LogP) is 4.73. The summed E-state index contributed by atoms with van der Waals surface area (Å²) in [7, 11) is 1.47. The lowest BCUT2D eigenvalue weighted by Gasteiger charge is -2.21. The lowest BCUT2D eigenvalue weighted by Crippen LogP contribution is -2.28.